The van der Waals surface area contributed by atoms with Crippen molar-refractivity contribution >= 4 is 0 Å². The molecule has 5 aliphatic rings. The summed E-state index contributed by atoms with van der Waals surface area (Å²) in [6.07, 6.45) is 18.9. The summed E-state index contributed by atoms with van der Waals surface area (Å²) in [6, 6.07) is 2.14. The number of hydrogen-bond donors (Lipinski definition) is 1. The van der Waals surface area contributed by atoms with Crippen LogP contribution in [0.4, 0.5) is 0 Å². The van der Waals surface area contributed by atoms with Crippen LogP contribution >= 0.6 is 0 Å². The summed E-state index contributed by atoms with van der Waals surface area (Å²) in [6.45, 7) is 9.72. The van der Waals surface area contributed by atoms with Crippen LogP contribution in [-0.4, -0.2) is 48.0 Å². The molecule has 2 heterocycles. The lowest BCUT2D eigenvalue weighted by molar-refractivity contribution is -0.207. The number of hydrogen-bond acceptors (Lipinski definition) is 4. The molecule has 0 unspecified atom stereocenters. The molecule has 34 heavy (non-hydrogen) atoms. The lowest BCUT2D eigenvalue weighted by Gasteiger charge is -2.63. The second-order valence-corrected chi connectivity index (χ2v) is 13.2. The predicted molar refractivity (Wildman–Crippen MR) is 135 cm³/mol. The Labute approximate surface area is 206 Å². The third kappa shape index (κ3) is 3.65. The van der Waals surface area contributed by atoms with Crippen LogP contribution in [0.25, 0.3) is 0 Å². The van der Waals surface area contributed by atoms with Crippen LogP contribution in [0.5, 0.6) is 0 Å². The zero-order valence-electron chi connectivity index (χ0n) is 21.6. The molecule has 0 bridgehead atoms. The van der Waals surface area contributed by atoms with E-state index < -0.39 is 5.60 Å². The van der Waals surface area contributed by atoms with Gasteiger partial charge in [0.15, 0.2) is 0 Å². The van der Waals surface area contributed by atoms with Gasteiger partial charge in [-0.15, -0.1) is 0 Å². The Bertz CT molecular complexity index is 834. The molecule has 4 nitrogen and oxygen atoms in total. The first-order chi connectivity index (χ1) is 16.4. The normalized spacial score (nSPS) is 46.7. The Hall–Kier alpha value is -0.840. The van der Waals surface area contributed by atoms with E-state index in [4.69, 9.17) is 9.15 Å². The van der Waals surface area contributed by atoms with Crippen molar-refractivity contribution < 1.29 is 14.3 Å². The molecule has 1 saturated heterocycles. The van der Waals surface area contributed by atoms with E-state index in [2.05, 4.69) is 24.8 Å². The number of aliphatic hydroxyl groups is 1. The number of furan rings is 1. The van der Waals surface area contributed by atoms with Crippen molar-refractivity contribution in [3.8, 4) is 0 Å². The highest BCUT2D eigenvalue weighted by Crippen LogP contribution is 2.70. The maximum Gasteiger partial charge on any atom is 0.0937 e. The van der Waals surface area contributed by atoms with Crippen molar-refractivity contribution in [3.63, 3.8) is 0 Å². The van der Waals surface area contributed by atoms with E-state index in [9.17, 15) is 5.11 Å². The number of ether oxygens (including phenoxy) is 1. The molecule has 0 spiro atoms. The standard InChI is InChI=1S/C30H47NO3/c1-28-12-8-24(34-18-5-17-31-15-3-4-16-31)20-23(28)6-7-27-26(28)9-13-29(2)25(10-14-30(27,29)32)22-11-19-33-21-22/h11,19,21,23-27,32H,3-10,12-18,20H2,1-2H3/t23-,24+,25-,26+,27-,28+,29-,30-/m1/s1. The Balaban J connectivity index is 1.10. The SMILES string of the molecule is C[C@]12CC[C@H](OCCCN3CCCC3)C[C@H]1CC[C@@H]1[C@@H]2CC[C@]2(C)[C@@H](c3ccoc3)CC[C@@]12O. The van der Waals surface area contributed by atoms with Crippen LogP contribution in [0.1, 0.15) is 102 Å². The Morgan fingerprint density at radius 2 is 1.88 bits per heavy atom. The molecular weight excluding hydrogens is 422 g/mol. The minimum Gasteiger partial charge on any atom is -0.472 e. The highest BCUT2D eigenvalue weighted by atomic mass is 16.5. The van der Waals surface area contributed by atoms with Crippen LogP contribution in [-0.2, 0) is 4.74 Å². The summed E-state index contributed by atoms with van der Waals surface area (Å²) in [5.41, 5.74) is 1.15. The zero-order chi connectivity index (χ0) is 23.4. The molecule has 1 aliphatic heterocycles. The predicted octanol–water partition coefficient (Wildman–Crippen LogP) is 6.39. The average Bonchev–Trinajstić information content (AvgIpc) is 3.58. The van der Waals surface area contributed by atoms with Gasteiger partial charge in [0.2, 0.25) is 0 Å². The Morgan fingerprint density at radius 3 is 2.68 bits per heavy atom. The summed E-state index contributed by atoms with van der Waals surface area (Å²) in [7, 11) is 0. The van der Waals surface area contributed by atoms with Gasteiger partial charge in [-0.3, -0.25) is 0 Å². The summed E-state index contributed by atoms with van der Waals surface area (Å²) >= 11 is 0. The van der Waals surface area contributed by atoms with Gasteiger partial charge in [-0.05, 0) is 131 Å². The molecule has 4 heteroatoms. The van der Waals surface area contributed by atoms with Gasteiger partial charge >= 0.3 is 0 Å². The van der Waals surface area contributed by atoms with Gasteiger partial charge in [0.05, 0.1) is 24.2 Å². The van der Waals surface area contributed by atoms with Gasteiger partial charge < -0.3 is 19.2 Å². The summed E-state index contributed by atoms with van der Waals surface area (Å²) < 4.78 is 11.9. The molecule has 8 atom stereocenters. The lowest BCUT2D eigenvalue weighted by Crippen LogP contribution is -2.62. The first-order valence-electron chi connectivity index (χ1n) is 14.5. The van der Waals surface area contributed by atoms with Crippen LogP contribution in [0.2, 0.25) is 0 Å². The van der Waals surface area contributed by atoms with E-state index in [0.29, 0.717) is 29.3 Å². The van der Waals surface area contributed by atoms with Gasteiger partial charge in [0.1, 0.15) is 0 Å². The van der Waals surface area contributed by atoms with Gasteiger partial charge in [-0.25, -0.2) is 0 Å². The molecule has 4 saturated carbocycles. The fourth-order valence-corrected chi connectivity index (χ4v) is 9.89. The first-order valence-corrected chi connectivity index (χ1v) is 14.5. The summed E-state index contributed by atoms with van der Waals surface area (Å²) in [4.78, 5) is 2.60. The van der Waals surface area contributed by atoms with Crippen molar-refractivity contribution in [1.29, 1.82) is 0 Å². The number of fused-ring (bicyclic) bond motifs is 5. The second-order valence-electron chi connectivity index (χ2n) is 13.2. The highest BCUT2D eigenvalue weighted by Gasteiger charge is 2.67. The monoisotopic (exact) mass is 469 g/mol. The zero-order valence-corrected chi connectivity index (χ0v) is 21.6. The number of likely N-dealkylation sites (tertiary alicyclic amines) is 1. The van der Waals surface area contributed by atoms with Crippen LogP contribution in [0, 0.1) is 28.6 Å². The van der Waals surface area contributed by atoms with Gasteiger partial charge in [-0.2, -0.15) is 0 Å². The van der Waals surface area contributed by atoms with E-state index in [0.717, 1.165) is 31.8 Å². The largest absolute Gasteiger partial charge is 0.472 e. The second kappa shape index (κ2) is 8.92. The molecule has 5 fully saturated rings. The van der Waals surface area contributed by atoms with Crippen LogP contribution in [0.3, 0.4) is 0 Å². The average molecular weight is 470 g/mol. The third-order valence-electron chi connectivity index (χ3n) is 11.9. The van der Waals surface area contributed by atoms with Crippen molar-refractivity contribution in [2.45, 2.75) is 109 Å². The van der Waals surface area contributed by atoms with Crippen LogP contribution in [0.15, 0.2) is 23.0 Å². The molecule has 6 rings (SSSR count). The topological polar surface area (TPSA) is 45.8 Å². The fourth-order valence-electron chi connectivity index (χ4n) is 9.89. The van der Waals surface area contributed by atoms with Crippen molar-refractivity contribution in [3.05, 3.63) is 24.2 Å². The minimum absolute atomic E-state index is 0.0170. The minimum atomic E-state index is -0.519. The maximum atomic E-state index is 12.4. The van der Waals surface area contributed by atoms with Crippen molar-refractivity contribution in [2.75, 3.05) is 26.2 Å². The first kappa shape index (κ1) is 23.6. The van der Waals surface area contributed by atoms with Crippen LogP contribution < -0.4 is 0 Å². The lowest BCUT2D eigenvalue weighted by atomic mass is 9.43. The summed E-state index contributed by atoms with van der Waals surface area (Å²) in [5.74, 6) is 2.34. The molecule has 1 N–H and O–H groups in total. The van der Waals surface area contributed by atoms with E-state index in [1.54, 1.807) is 6.26 Å². The number of nitrogens with zero attached hydrogens (tertiary/aromatic N) is 1. The summed E-state index contributed by atoms with van der Waals surface area (Å²) in [5, 5.41) is 12.4. The maximum absolute atomic E-state index is 12.4. The Kier molecular flexibility index (Phi) is 6.18. The third-order valence-corrected chi connectivity index (χ3v) is 11.9. The van der Waals surface area contributed by atoms with Crippen molar-refractivity contribution in [2.24, 2.45) is 28.6 Å². The molecule has 4 aliphatic carbocycles. The van der Waals surface area contributed by atoms with E-state index in [1.165, 1.54) is 83.0 Å². The molecule has 0 amide bonds. The van der Waals surface area contributed by atoms with Gasteiger partial charge in [-0.1, -0.05) is 13.8 Å². The van der Waals surface area contributed by atoms with E-state index in [1.807, 2.05) is 6.26 Å². The fraction of sp³-hybridized carbons (Fsp3) is 0.867. The van der Waals surface area contributed by atoms with Crippen molar-refractivity contribution in [1.82, 2.24) is 4.90 Å². The van der Waals surface area contributed by atoms with E-state index in [-0.39, 0.29) is 5.41 Å². The molecule has 0 radical (unpaired) electrons. The molecule has 1 aromatic rings. The molecule has 1 aromatic heterocycles. The number of rotatable bonds is 6. The molecule has 0 aromatic carbocycles. The van der Waals surface area contributed by atoms with Gasteiger partial charge in [0.25, 0.3) is 0 Å². The highest BCUT2D eigenvalue weighted by molar-refractivity contribution is 5.26. The Morgan fingerprint density at radius 1 is 1.03 bits per heavy atom. The smallest absolute Gasteiger partial charge is 0.0937 e. The van der Waals surface area contributed by atoms with E-state index >= 15 is 0 Å². The molecular formula is C30H47NO3. The van der Waals surface area contributed by atoms with Gasteiger partial charge in [0, 0.05) is 18.6 Å². The quantitative estimate of drug-likeness (QED) is 0.490. The molecule has 190 valence electrons.